The third-order valence-corrected chi connectivity index (χ3v) is 4.29. The molecule has 1 unspecified atom stereocenters. The van der Waals surface area contributed by atoms with Crippen molar-refractivity contribution in [1.82, 2.24) is 15.5 Å². The molecule has 0 aromatic heterocycles. The molecule has 4 nitrogen and oxygen atoms in total. The van der Waals surface area contributed by atoms with E-state index in [-0.39, 0.29) is 11.9 Å². The van der Waals surface area contributed by atoms with Crippen LogP contribution in [0.25, 0.3) is 0 Å². The Morgan fingerprint density at radius 2 is 2.11 bits per heavy atom. The summed E-state index contributed by atoms with van der Waals surface area (Å²) in [5.41, 5.74) is 0. The molecule has 0 radical (unpaired) electrons. The first-order chi connectivity index (χ1) is 8.81. The zero-order chi connectivity index (χ0) is 12.8. The lowest BCUT2D eigenvalue weighted by atomic mass is 10.0. The van der Waals surface area contributed by atoms with Gasteiger partial charge in [-0.25, -0.2) is 0 Å². The van der Waals surface area contributed by atoms with Gasteiger partial charge in [0, 0.05) is 12.6 Å². The van der Waals surface area contributed by atoms with Crippen molar-refractivity contribution in [3.63, 3.8) is 0 Å². The van der Waals surface area contributed by atoms with Crippen molar-refractivity contribution < 1.29 is 4.79 Å². The predicted octanol–water partition coefficient (Wildman–Crippen LogP) is 1.12. The average molecular weight is 253 g/mol. The van der Waals surface area contributed by atoms with Gasteiger partial charge in [-0.05, 0) is 45.3 Å². The number of piperidine rings is 2. The number of nitrogens with zero attached hydrogens (tertiary/aromatic N) is 1. The van der Waals surface area contributed by atoms with Gasteiger partial charge in [-0.3, -0.25) is 9.69 Å². The van der Waals surface area contributed by atoms with Gasteiger partial charge in [0.15, 0.2) is 0 Å². The van der Waals surface area contributed by atoms with E-state index in [1.54, 1.807) is 0 Å². The van der Waals surface area contributed by atoms with Crippen molar-refractivity contribution >= 4 is 5.91 Å². The third-order valence-electron chi connectivity index (χ3n) is 4.29. The number of nitrogens with one attached hydrogen (secondary N) is 2. The van der Waals surface area contributed by atoms with Crippen LogP contribution in [0.1, 0.15) is 45.4 Å². The van der Waals surface area contributed by atoms with E-state index >= 15 is 0 Å². The number of carbonyl (C=O) groups is 1. The molecule has 0 spiro atoms. The summed E-state index contributed by atoms with van der Waals surface area (Å²) in [7, 11) is 0. The minimum Gasteiger partial charge on any atom is -0.353 e. The number of amides is 1. The molecule has 2 fully saturated rings. The molecule has 2 aliphatic rings. The van der Waals surface area contributed by atoms with Crippen molar-refractivity contribution in [2.45, 2.75) is 57.5 Å². The van der Waals surface area contributed by atoms with E-state index in [2.05, 4.69) is 22.5 Å². The number of likely N-dealkylation sites (N-methyl/N-ethyl adjacent to an activating group) is 1. The minimum absolute atomic E-state index is 0.0532. The van der Waals surface area contributed by atoms with Gasteiger partial charge in [-0.15, -0.1) is 0 Å². The van der Waals surface area contributed by atoms with Crippen LogP contribution < -0.4 is 10.6 Å². The van der Waals surface area contributed by atoms with Crippen LogP contribution in [0.5, 0.6) is 0 Å². The molecule has 4 heteroatoms. The molecule has 0 aromatic rings. The molecular formula is C14H27N3O. The fraction of sp³-hybridized carbons (Fsp3) is 0.929. The molecule has 104 valence electrons. The molecule has 2 rings (SSSR count). The second kappa shape index (κ2) is 7.10. The maximum Gasteiger partial charge on any atom is 0.237 e. The van der Waals surface area contributed by atoms with Crippen LogP contribution in [-0.4, -0.2) is 49.1 Å². The predicted molar refractivity (Wildman–Crippen MR) is 73.5 cm³/mol. The fourth-order valence-corrected chi connectivity index (χ4v) is 3.12. The smallest absolute Gasteiger partial charge is 0.237 e. The van der Waals surface area contributed by atoms with Crippen molar-refractivity contribution in [3.05, 3.63) is 0 Å². The zero-order valence-electron chi connectivity index (χ0n) is 11.6. The van der Waals surface area contributed by atoms with Crippen LogP contribution in [0.3, 0.4) is 0 Å². The van der Waals surface area contributed by atoms with E-state index in [0.29, 0.717) is 6.04 Å². The van der Waals surface area contributed by atoms with Gasteiger partial charge in [-0.2, -0.15) is 0 Å². The molecule has 2 aliphatic heterocycles. The summed E-state index contributed by atoms with van der Waals surface area (Å²) >= 11 is 0. The quantitative estimate of drug-likeness (QED) is 0.789. The lowest BCUT2D eigenvalue weighted by Gasteiger charge is -2.35. The van der Waals surface area contributed by atoms with Crippen molar-refractivity contribution in [3.8, 4) is 0 Å². The monoisotopic (exact) mass is 253 g/mol. The summed E-state index contributed by atoms with van der Waals surface area (Å²) in [5.74, 6) is 0.205. The Labute approximate surface area is 110 Å². The molecule has 2 heterocycles. The topological polar surface area (TPSA) is 44.4 Å². The van der Waals surface area contributed by atoms with Gasteiger partial charge in [0.25, 0.3) is 0 Å². The van der Waals surface area contributed by atoms with Crippen LogP contribution in [0, 0.1) is 0 Å². The second-order valence-electron chi connectivity index (χ2n) is 5.53. The maximum absolute atomic E-state index is 12.0. The molecule has 2 N–H and O–H groups in total. The van der Waals surface area contributed by atoms with E-state index in [1.165, 1.54) is 38.6 Å². The number of hydrogen-bond donors (Lipinski definition) is 2. The van der Waals surface area contributed by atoms with Crippen LogP contribution >= 0.6 is 0 Å². The summed E-state index contributed by atoms with van der Waals surface area (Å²) in [6, 6.07) is 0.605. The van der Waals surface area contributed by atoms with E-state index in [0.717, 1.165) is 26.1 Å². The van der Waals surface area contributed by atoms with Crippen LogP contribution in [0.4, 0.5) is 0 Å². The first-order valence-corrected chi connectivity index (χ1v) is 7.56. The molecular weight excluding hydrogens is 226 g/mol. The molecule has 0 bridgehead atoms. The second-order valence-corrected chi connectivity index (χ2v) is 5.53. The zero-order valence-corrected chi connectivity index (χ0v) is 11.6. The van der Waals surface area contributed by atoms with Crippen LogP contribution in [0.15, 0.2) is 0 Å². The Hall–Kier alpha value is -0.610. The molecule has 18 heavy (non-hydrogen) atoms. The molecule has 2 saturated heterocycles. The number of hydrogen-bond acceptors (Lipinski definition) is 3. The molecule has 0 aromatic carbocycles. The summed E-state index contributed by atoms with van der Waals surface area (Å²) < 4.78 is 0. The molecule has 0 saturated carbocycles. The van der Waals surface area contributed by atoms with Gasteiger partial charge in [-0.1, -0.05) is 19.8 Å². The Kier molecular flexibility index (Phi) is 5.45. The summed E-state index contributed by atoms with van der Waals surface area (Å²) in [4.78, 5) is 14.5. The van der Waals surface area contributed by atoms with Crippen molar-refractivity contribution in [1.29, 1.82) is 0 Å². The van der Waals surface area contributed by atoms with E-state index in [9.17, 15) is 4.79 Å². The Balaban J connectivity index is 1.73. The fourth-order valence-electron chi connectivity index (χ4n) is 3.12. The first kappa shape index (κ1) is 13.8. The standard InChI is InChI=1S/C14H27N3O/c1-2-17-10-6-4-7-12(17)11-16-14(18)13-8-3-5-9-15-13/h12-13,15H,2-11H2,1H3,(H,16,18)/t12?,13-/m1/s1. The highest BCUT2D eigenvalue weighted by Gasteiger charge is 2.24. The SMILES string of the molecule is CCN1CCCCC1CNC(=O)[C@H]1CCCCN1. The summed E-state index contributed by atoms with van der Waals surface area (Å²) in [5, 5.41) is 6.45. The summed E-state index contributed by atoms with van der Waals surface area (Å²) in [6.07, 6.45) is 7.22. The average Bonchev–Trinajstić information content (AvgIpc) is 2.46. The first-order valence-electron chi connectivity index (χ1n) is 7.56. The van der Waals surface area contributed by atoms with Crippen LogP contribution in [-0.2, 0) is 4.79 Å². The molecule has 2 atom stereocenters. The van der Waals surface area contributed by atoms with Crippen molar-refractivity contribution in [2.75, 3.05) is 26.2 Å². The van der Waals surface area contributed by atoms with Gasteiger partial charge < -0.3 is 10.6 Å². The molecule has 1 amide bonds. The van der Waals surface area contributed by atoms with Crippen molar-refractivity contribution in [2.24, 2.45) is 0 Å². The number of rotatable bonds is 4. The third kappa shape index (κ3) is 3.69. The highest BCUT2D eigenvalue weighted by molar-refractivity contribution is 5.81. The minimum atomic E-state index is 0.0532. The van der Waals surface area contributed by atoms with E-state index in [1.807, 2.05) is 0 Å². The number of carbonyl (C=O) groups excluding carboxylic acids is 1. The van der Waals surface area contributed by atoms with Gasteiger partial charge in [0.05, 0.1) is 6.04 Å². The Bertz CT molecular complexity index is 264. The lowest BCUT2D eigenvalue weighted by Crippen LogP contribution is -2.51. The highest BCUT2D eigenvalue weighted by atomic mass is 16.2. The summed E-state index contributed by atoms with van der Waals surface area (Å²) in [6.45, 7) is 6.32. The normalized spacial score (nSPS) is 30.1. The van der Waals surface area contributed by atoms with Crippen LogP contribution in [0.2, 0.25) is 0 Å². The van der Waals surface area contributed by atoms with Gasteiger partial charge >= 0.3 is 0 Å². The number of likely N-dealkylation sites (tertiary alicyclic amines) is 1. The van der Waals surface area contributed by atoms with Gasteiger partial charge in [0.1, 0.15) is 0 Å². The van der Waals surface area contributed by atoms with E-state index in [4.69, 9.17) is 0 Å². The lowest BCUT2D eigenvalue weighted by molar-refractivity contribution is -0.124. The van der Waals surface area contributed by atoms with Gasteiger partial charge in [0.2, 0.25) is 5.91 Å². The Morgan fingerprint density at radius 1 is 1.28 bits per heavy atom. The Morgan fingerprint density at radius 3 is 2.83 bits per heavy atom. The largest absolute Gasteiger partial charge is 0.353 e. The molecule has 0 aliphatic carbocycles. The maximum atomic E-state index is 12.0. The van der Waals surface area contributed by atoms with E-state index < -0.39 is 0 Å². The highest BCUT2D eigenvalue weighted by Crippen LogP contribution is 2.16.